The lowest BCUT2D eigenvalue weighted by Crippen LogP contribution is -2.24. The summed E-state index contributed by atoms with van der Waals surface area (Å²) in [6, 6.07) is 2.41. The zero-order valence-electron chi connectivity index (χ0n) is 9.83. The fourth-order valence-corrected chi connectivity index (χ4v) is 1.44. The molecule has 0 aliphatic carbocycles. The number of carbonyl (C=O) groups is 1. The summed E-state index contributed by atoms with van der Waals surface area (Å²) in [5.41, 5.74) is 0. The average molecular weight is 265 g/mol. The van der Waals surface area contributed by atoms with Crippen molar-refractivity contribution in [3.05, 3.63) is 40.2 Å². The number of amides is 1. The maximum absolute atomic E-state index is 11.6. The zero-order valence-corrected chi connectivity index (χ0v) is 9.83. The second kappa shape index (κ2) is 5.76. The molecule has 9 nitrogen and oxygen atoms in total. The molecule has 0 aromatic carbocycles. The van der Waals surface area contributed by atoms with E-state index in [1.807, 2.05) is 0 Å². The smallest absolute Gasteiger partial charge is 0.395 e. The van der Waals surface area contributed by atoms with E-state index in [1.54, 1.807) is 0 Å². The maximum atomic E-state index is 11.6. The highest BCUT2D eigenvalue weighted by molar-refractivity contribution is 5.91. The van der Waals surface area contributed by atoms with Gasteiger partial charge in [0.15, 0.2) is 5.76 Å². The number of nitrogens with zero attached hydrogens (tertiary/aromatic N) is 3. The van der Waals surface area contributed by atoms with Gasteiger partial charge in [-0.25, -0.2) is 4.98 Å². The van der Waals surface area contributed by atoms with Gasteiger partial charge in [-0.3, -0.25) is 20.0 Å². The van der Waals surface area contributed by atoms with Gasteiger partial charge in [-0.2, -0.15) is 5.10 Å². The van der Waals surface area contributed by atoms with Crippen LogP contribution >= 0.6 is 0 Å². The first kappa shape index (κ1) is 12.7. The molecule has 0 unspecified atom stereocenters. The van der Waals surface area contributed by atoms with Crippen LogP contribution in [0.3, 0.4) is 0 Å². The zero-order chi connectivity index (χ0) is 13.7. The van der Waals surface area contributed by atoms with E-state index < -0.39 is 16.7 Å². The number of rotatable bonds is 6. The standard InChI is InChI=1S/C10H11N5O4/c16-10(7-3-4-9(19-7)15(17)18)11-5-1-2-8-12-6-13-14-8/h3-4,6H,1-2,5H2,(H,11,16)(H,12,13,14). The van der Waals surface area contributed by atoms with E-state index in [-0.39, 0.29) is 5.76 Å². The molecule has 0 atom stereocenters. The molecule has 0 fully saturated rings. The largest absolute Gasteiger partial charge is 0.433 e. The van der Waals surface area contributed by atoms with Crippen molar-refractivity contribution in [3.63, 3.8) is 0 Å². The summed E-state index contributed by atoms with van der Waals surface area (Å²) < 4.78 is 4.77. The molecule has 0 aliphatic rings. The highest BCUT2D eigenvalue weighted by Crippen LogP contribution is 2.15. The summed E-state index contributed by atoms with van der Waals surface area (Å²) in [4.78, 5) is 25.2. The molecule has 2 aromatic rings. The Bertz CT molecular complexity index is 562. The summed E-state index contributed by atoms with van der Waals surface area (Å²) in [7, 11) is 0. The lowest BCUT2D eigenvalue weighted by Gasteiger charge is -2.01. The van der Waals surface area contributed by atoms with Gasteiger partial charge in [0, 0.05) is 13.0 Å². The molecule has 2 N–H and O–H groups in total. The highest BCUT2D eigenvalue weighted by Gasteiger charge is 2.16. The van der Waals surface area contributed by atoms with Gasteiger partial charge >= 0.3 is 5.88 Å². The molecule has 0 radical (unpaired) electrons. The molecule has 0 saturated carbocycles. The van der Waals surface area contributed by atoms with Crippen molar-refractivity contribution in [2.45, 2.75) is 12.8 Å². The van der Waals surface area contributed by atoms with Crippen LogP contribution in [0.4, 0.5) is 5.88 Å². The predicted octanol–water partition coefficient (Wildman–Crippen LogP) is 0.668. The lowest BCUT2D eigenvalue weighted by molar-refractivity contribution is -0.402. The van der Waals surface area contributed by atoms with E-state index in [2.05, 4.69) is 20.5 Å². The van der Waals surface area contributed by atoms with E-state index in [9.17, 15) is 14.9 Å². The van der Waals surface area contributed by atoms with Crippen LogP contribution in [0.1, 0.15) is 22.8 Å². The number of aromatic nitrogens is 3. The quantitative estimate of drug-likeness (QED) is 0.449. The minimum absolute atomic E-state index is 0.0774. The number of hydrogen-bond acceptors (Lipinski definition) is 6. The second-order valence-electron chi connectivity index (χ2n) is 3.69. The number of H-pyrrole nitrogens is 1. The van der Waals surface area contributed by atoms with E-state index in [4.69, 9.17) is 4.42 Å². The summed E-state index contributed by atoms with van der Waals surface area (Å²) in [6.07, 6.45) is 2.73. The number of aromatic amines is 1. The topological polar surface area (TPSA) is 127 Å². The Kier molecular flexibility index (Phi) is 3.86. The van der Waals surface area contributed by atoms with Crippen molar-refractivity contribution in [1.29, 1.82) is 0 Å². The monoisotopic (exact) mass is 265 g/mol. The molecule has 100 valence electrons. The first-order chi connectivity index (χ1) is 9.16. The molecule has 0 aliphatic heterocycles. The minimum atomic E-state index is -0.694. The van der Waals surface area contributed by atoms with Gasteiger partial charge in [0.2, 0.25) is 0 Å². The summed E-state index contributed by atoms with van der Waals surface area (Å²) in [6.45, 7) is 0.411. The van der Waals surface area contributed by atoms with E-state index >= 15 is 0 Å². The van der Waals surface area contributed by atoms with Gasteiger partial charge in [0.1, 0.15) is 17.1 Å². The second-order valence-corrected chi connectivity index (χ2v) is 3.69. The maximum Gasteiger partial charge on any atom is 0.433 e. The van der Waals surface area contributed by atoms with Crippen molar-refractivity contribution in [2.75, 3.05) is 6.54 Å². The van der Waals surface area contributed by atoms with Crippen LogP contribution in [0.25, 0.3) is 0 Å². The molecule has 0 bridgehead atoms. The SMILES string of the molecule is O=C(NCCCc1ncn[nH]1)c1ccc([N+](=O)[O-])o1. The van der Waals surface area contributed by atoms with Crippen molar-refractivity contribution in [2.24, 2.45) is 0 Å². The third kappa shape index (κ3) is 3.37. The number of carbonyl (C=O) groups excluding carboxylic acids is 1. The Labute approximate surface area is 107 Å². The molecule has 0 spiro atoms. The van der Waals surface area contributed by atoms with Crippen LogP contribution in [0, 0.1) is 10.1 Å². The molecule has 0 saturated heterocycles. The Morgan fingerprint density at radius 3 is 3.00 bits per heavy atom. The molecule has 2 rings (SSSR count). The van der Waals surface area contributed by atoms with Crippen molar-refractivity contribution in [3.8, 4) is 0 Å². The van der Waals surface area contributed by atoms with Crippen LogP contribution in [-0.4, -0.2) is 32.6 Å². The van der Waals surface area contributed by atoms with Crippen LogP contribution in [0.15, 0.2) is 22.9 Å². The number of hydrogen-bond donors (Lipinski definition) is 2. The Morgan fingerprint density at radius 1 is 1.53 bits per heavy atom. The van der Waals surface area contributed by atoms with E-state index in [1.165, 1.54) is 12.4 Å². The van der Waals surface area contributed by atoms with E-state index in [0.717, 1.165) is 11.9 Å². The number of nitro groups is 1. The summed E-state index contributed by atoms with van der Waals surface area (Å²) >= 11 is 0. The Hall–Kier alpha value is -2.71. The van der Waals surface area contributed by atoms with E-state index in [0.29, 0.717) is 19.4 Å². The van der Waals surface area contributed by atoms with Gasteiger partial charge in [-0.05, 0) is 12.5 Å². The van der Waals surface area contributed by atoms with Gasteiger partial charge in [0.05, 0.1) is 6.07 Å². The minimum Gasteiger partial charge on any atom is -0.395 e. The first-order valence-corrected chi connectivity index (χ1v) is 5.53. The number of nitrogens with one attached hydrogen (secondary N) is 2. The molecular weight excluding hydrogens is 254 g/mol. The number of aryl methyl sites for hydroxylation is 1. The Morgan fingerprint density at radius 2 is 2.37 bits per heavy atom. The molecule has 19 heavy (non-hydrogen) atoms. The van der Waals surface area contributed by atoms with Crippen LogP contribution < -0.4 is 5.32 Å². The normalized spacial score (nSPS) is 10.3. The predicted molar refractivity (Wildman–Crippen MR) is 62.4 cm³/mol. The van der Waals surface area contributed by atoms with Crippen molar-refractivity contribution < 1.29 is 14.1 Å². The summed E-state index contributed by atoms with van der Waals surface area (Å²) in [5, 5.41) is 19.4. The van der Waals surface area contributed by atoms with Crippen molar-refractivity contribution >= 4 is 11.8 Å². The highest BCUT2D eigenvalue weighted by atomic mass is 16.6. The first-order valence-electron chi connectivity index (χ1n) is 5.53. The molecule has 2 heterocycles. The Balaban J connectivity index is 1.76. The van der Waals surface area contributed by atoms with Crippen LogP contribution in [0.2, 0.25) is 0 Å². The number of furan rings is 1. The lowest BCUT2D eigenvalue weighted by atomic mass is 10.3. The van der Waals surface area contributed by atoms with Gasteiger partial charge in [0.25, 0.3) is 5.91 Å². The molecule has 1 amide bonds. The van der Waals surface area contributed by atoms with Crippen LogP contribution in [-0.2, 0) is 6.42 Å². The van der Waals surface area contributed by atoms with Gasteiger partial charge in [-0.15, -0.1) is 0 Å². The van der Waals surface area contributed by atoms with Crippen molar-refractivity contribution in [1.82, 2.24) is 20.5 Å². The molecular formula is C10H11N5O4. The van der Waals surface area contributed by atoms with Crippen LogP contribution in [0.5, 0.6) is 0 Å². The fourth-order valence-electron chi connectivity index (χ4n) is 1.44. The summed E-state index contributed by atoms with van der Waals surface area (Å²) in [5.74, 6) is -0.272. The fraction of sp³-hybridized carbons (Fsp3) is 0.300. The average Bonchev–Trinajstić information content (AvgIpc) is 3.05. The molecule has 2 aromatic heterocycles. The third-order valence-electron chi connectivity index (χ3n) is 2.34. The van der Waals surface area contributed by atoms with Gasteiger partial charge in [-0.1, -0.05) is 0 Å². The third-order valence-corrected chi connectivity index (χ3v) is 2.34. The molecule has 9 heteroatoms. The van der Waals surface area contributed by atoms with Gasteiger partial charge < -0.3 is 9.73 Å².